The van der Waals surface area contributed by atoms with Crippen LogP contribution in [0.5, 0.6) is 5.75 Å². The number of ether oxygens (including phenoxy) is 1. The van der Waals surface area contributed by atoms with Crippen molar-refractivity contribution in [2.24, 2.45) is 0 Å². The molecule has 24 heavy (non-hydrogen) atoms. The molecule has 3 aromatic rings. The van der Waals surface area contributed by atoms with Crippen LogP contribution in [-0.2, 0) is 4.79 Å². The molecule has 120 valence electrons. The normalized spacial score (nSPS) is 16.4. The smallest absolute Gasteiger partial charge is 0.226 e. The second kappa shape index (κ2) is 5.85. The maximum atomic E-state index is 12.2. The molecule has 1 amide bonds. The molecular formula is C19H17N3O2. The van der Waals surface area contributed by atoms with Gasteiger partial charge < -0.3 is 10.1 Å². The minimum atomic E-state index is -0.0261. The van der Waals surface area contributed by atoms with E-state index >= 15 is 0 Å². The minimum absolute atomic E-state index is 0.000925. The van der Waals surface area contributed by atoms with Gasteiger partial charge in [-0.3, -0.25) is 9.36 Å². The third kappa shape index (κ3) is 2.44. The van der Waals surface area contributed by atoms with Gasteiger partial charge in [-0.05, 0) is 17.7 Å². The zero-order valence-electron chi connectivity index (χ0n) is 13.3. The Hall–Kier alpha value is -3.08. The van der Waals surface area contributed by atoms with Crippen molar-refractivity contribution in [3.05, 3.63) is 72.2 Å². The van der Waals surface area contributed by atoms with Gasteiger partial charge in [0.15, 0.2) is 0 Å². The maximum absolute atomic E-state index is 12.2. The number of hydrogen-bond acceptors (Lipinski definition) is 3. The molecule has 4 rings (SSSR count). The number of nitrogens with one attached hydrogen (secondary N) is 1. The molecule has 5 heteroatoms. The van der Waals surface area contributed by atoms with E-state index in [1.807, 2.05) is 59.2 Å². The monoisotopic (exact) mass is 319 g/mol. The summed E-state index contributed by atoms with van der Waals surface area (Å²) in [6, 6.07) is 17.7. The van der Waals surface area contributed by atoms with Crippen LogP contribution < -0.4 is 10.1 Å². The lowest BCUT2D eigenvalue weighted by Gasteiger charge is -2.23. The Morgan fingerprint density at radius 3 is 2.79 bits per heavy atom. The first kappa shape index (κ1) is 14.5. The van der Waals surface area contributed by atoms with Crippen LogP contribution in [0, 0.1) is 0 Å². The first-order valence-corrected chi connectivity index (χ1v) is 7.82. The fourth-order valence-electron chi connectivity index (χ4n) is 3.12. The molecule has 1 atom stereocenters. The van der Waals surface area contributed by atoms with Gasteiger partial charge in [-0.25, -0.2) is 4.98 Å². The fraction of sp³-hybridized carbons (Fsp3) is 0.158. The van der Waals surface area contributed by atoms with Crippen LogP contribution in [0.4, 0.5) is 5.82 Å². The largest absolute Gasteiger partial charge is 0.497 e. The van der Waals surface area contributed by atoms with Crippen molar-refractivity contribution in [2.45, 2.75) is 12.3 Å². The maximum Gasteiger partial charge on any atom is 0.226 e. The molecule has 1 N–H and O–H groups in total. The second-order valence-corrected chi connectivity index (χ2v) is 5.77. The summed E-state index contributed by atoms with van der Waals surface area (Å²) < 4.78 is 7.18. The minimum Gasteiger partial charge on any atom is -0.497 e. The second-order valence-electron chi connectivity index (χ2n) is 5.77. The Morgan fingerprint density at radius 1 is 1.17 bits per heavy atom. The van der Waals surface area contributed by atoms with Crippen LogP contribution in [0.3, 0.4) is 0 Å². The van der Waals surface area contributed by atoms with Crippen LogP contribution in [0.2, 0.25) is 0 Å². The highest BCUT2D eigenvalue weighted by atomic mass is 16.5. The van der Waals surface area contributed by atoms with Crippen molar-refractivity contribution in [3.63, 3.8) is 0 Å². The van der Waals surface area contributed by atoms with Crippen molar-refractivity contribution < 1.29 is 9.53 Å². The number of nitrogens with zero attached hydrogens (tertiary/aromatic N) is 2. The summed E-state index contributed by atoms with van der Waals surface area (Å²) in [6.45, 7) is 0. The molecule has 2 heterocycles. The zero-order chi connectivity index (χ0) is 16.5. The number of fused-ring (bicyclic) bond motifs is 1. The summed E-state index contributed by atoms with van der Waals surface area (Å²) >= 11 is 0. The molecule has 0 fully saturated rings. The van der Waals surface area contributed by atoms with Gasteiger partial charge in [-0.1, -0.05) is 36.4 Å². The topological polar surface area (TPSA) is 56.1 Å². The van der Waals surface area contributed by atoms with Gasteiger partial charge >= 0.3 is 0 Å². The number of carbonyl (C=O) groups excluding carboxylic acids is 1. The van der Waals surface area contributed by atoms with Gasteiger partial charge in [-0.15, -0.1) is 0 Å². The molecule has 0 spiro atoms. The lowest BCUT2D eigenvalue weighted by atomic mass is 9.90. The van der Waals surface area contributed by atoms with Crippen molar-refractivity contribution in [1.82, 2.24) is 9.55 Å². The number of anilines is 1. The number of benzene rings is 2. The number of imidazole rings is 1. The molecular weight excluding hydrogens is 302 g/mol. The molecule has 1 aliphatic rings. The van der Waals surface area contributed by atoms with Gasteiger partial charge in [-0.2, -0.15) is 0 Å². The van der Waals surface area contributed by atoms with E-state index in [2.05, 4.69) is 10.3 Å². The number of amides is 1. The van der Waals surface area contributed by atoms with Gasteiger partial charge in [0.2, 0.25) is 5.91 Å². The number of aromatic nitrogens is 2. The summed E-state index contributed by atoms with van der Waals surface area (Å²) in [6.07, 6.45) is 2.16. The van der Waals surface area contributed by atoms with Gasteiger partial charge in [0.05, 0.1) is 18.5 Å². The first-order chi connectivity index (χ1) is 11.8. The van der Waals surface area contributed by atoms with Crippen LogP contribution in [0.1, 0.15) is 23.6 Å². The highest BCUT2D eigenvalue weighted by Crippen LogP contribution is 2.37. The Kier molecular flexibility index (Phi) is 3.54. The van der Waals surface area contributed by atoms with E-state index in [0.29, 0.717) is 6.42 Å². The molecule has 1 aliphatic heterocycles. The van der Waals surface area contributed by atoms with Crippen molar-refractivity contribution >= 4 is 11.7 Å². The third-order valence-corrected chi connectivity index (χ3v) is 4.31. The molecule has 0 aliphatic carbocycles. The van der Waals surface area contributed by atoms with Crippen LogP contribution in [0.15, 0.2) is 60.9 Å². The fourth-order valence-corrected chi connectivity index (χ4v) is 3.12. The highest BCUT2D eigenvalue weighted by molar-refractivity contribution is 5.94. The predicted molar refractivity (Wildman–Crippen MR) is 91.6 cm³/mol. The number of carbonyl (C=O) groups is 1. The van der Waals surface area contributed by atoms with Gasteiger partial charge in [0, 0.05) is 18.4 Å². The van der Waals surface area contributed by atoms with E-state index in [4.69, 9.17) is 4.74 Å². The van der Waals surface area contributed by atoms with Crippen LogP contribution in [0.25, 0.3) is 5.69 Å². The number of rotatable bonds is 3. The zero-order valence-corrected chi connectivity index (χ0v) is 13.3. The van der Waals surface area contributed by atoms with Crippen molar-refractivity contribution in [2.75, 3.05) is 12.4 Å². The number of hydrogen-bond donors (Lipinski definition) is 1. The van der Waals surface area contributed by atoms with Crippen LogP contribution >= 0.6 is 0 Å². The van der Waals surface area contributed by atoms with Gasteiger partial charge in [0.1, 0.15) is 17.9 Å². The van der Waals surface area contributed by atoms with E-state index < -0.39 is 0 Å². The standard InChI is InChI=1S/C19H17N3O2/c1-24-15-9-5-8-14(10-15)22-12-20-18-16(11-17(23)21-19(18)22)13-6-3-2-4-7-13/h2-10,12,16H,11H2,1H3,(H,21,23)/t16-/m0/s1. The lowest BCUT2D eigenvalue weighted by molar-refractivity contribution is -0.116. The molecule has 0 saturated heterocycles. The van der Waals surface area contributed by atoms with E-state index in [0.717, 1.165) is 28.5 Å². The number of methoxy groups -OCH3 is 1. The summed E-state index contributed by atoms with van der Waals surface area (Å²) in [5, 5.41) is 2.96. The summed E-state index contributed by atoms with van der Waals surface area (Å²) in [5.74, 6) is 1.47. The molecule has 0 bridgehead atoms. The average Bonchev–Trinajstić information content (AvgIpc) is 3.05. The third-order valence-electron chi connectivity index (χ3n) is 4.31. The molecule has 5 nitrogen and oxygen atoms in total. The van der Waals surface area contributed by atoms with E-state index in [9.17, 15) is 4.79 Å². The molecule has 0 radical (unpaired) electrons. The van der Waals surface area contributed by atoms with Crippen LogP contribution in [-0.4, -0.2) is 22.6 Å². The van der Waals surface area contributed by atoms with E-state index in [-0.39, 0.29) is 11.8 Å². The Morgan fingerprint density at radius 2 is 2.00 bits per heavy atom. The quantitative estimate of drug-likeness (QED) is 0.805. The Bertz CT molecular complexity index is 887. The highest BCUT2D eigenvalue weighted by Gasteiger charge is 2.30. The Balaban J connectivity index is 1.81. The molecule has 0 unspecified atom stereocenters. The van der Waals surface area contributed by atoms with Gasteiger partial charge in [0.25, 0.3) is 0 Å². The SMILES string of the molecule is COc1cccc(-n2cnc3c2NC(=O)C[C@H]3c2ccccc2)c1. The van der Waals surface area contributed by atoms with E-state index in [1.165, 1.54) is 0 Å². The average molecular weight is 319 g/mol. The summed E-state index contributed by atoms with van der Waals surface area (Å²) in [5.41, 5.74) is 2.89. The van der Waals surface area contributed by atoms with Crippen molar-refractivity contribution in [1.29, 1.82) is 0 Å². The molecule has 0 saturated carbocycles. The first-order valence-electron chi connectivity index (χ1n) is 7.82. The summed E-state index contributed by atoms with van der Waals surface area (Å²) in [4.78, 5) is 16.8. The van der Waals surface area contributed by atoms with Crippen molar-refractivity contribution in [3.8, 4) is 11.4 Å². The predicted octanol–water partition coefficient (Wildman–Crippen LogP) is 3.36. The lowest BCUT2D eigenvalue weighted by Crippen LogP contribution is -2.24. The molecule has 2 aromatic carbocycles. The van der Waals surface area contributed by atoms with E-state index in [1.54, 1.807) is 13.4 Å². The summed E-state index contributed by atoms with van der Waals surface area (Å²) in [7, 11) is 1.63. The Labute approximate surface area is 139 Å². The molecule has 1 aromatic heterocycles.